The number of pyridine rings is 1. The number of hydrogen-bond acceptors (Lipinski definition) is 6. The highest BCUT2D eigenvalue weighted by Gasteiger charge is 2.30. The largest absolute Gasteiger partial charge is 0.464 e. The Morgan fingerprint density at radius 2 is 2.00 bits per heavy atom. The number of amides is 1. The third-order valence-corrected chi connectivity index (χ3v) is 6.53. The molecule has 36 heavy (non-hydrogen) atoms. The lowest BCUT2D eigenvalue weighted by Crippen LogP contribution is -2.24. The topological polar surface area (TPSA) is 94.5 Å². The highest BCUT2D eigenvalue weighted by Crippen LogP contribution is 2.34. The zero-order chi connectivity index (χ0) is 25.7. The molecule has 0 radical (unpaired) electrons. The van der Waals surface area contributed by atoms with Gasteiger partial charge in [-0.15, -0.1) is 0 Å². The van der Waals surface area contributed by atoms with Crippen LogP contribution in [0.1, 0.15) is 49.7 Å². The van der Waals surface area contributed by atoms with Crippen LogP contribution in [0.5, 0.6) is 0 Å². The van der Waals surface area contributed by atoms with Gasteiger partial charge in [0.1, 0.15) is 5.65 Å². The molecule has 3 aromatic rings. The van der Waals surface area contributed by atoms with E-state index in [1.54, 1.807) is 6.20 Å². The Kier molecular flexibility index (Phi) is 8.25. The number of benzene rings is 1. The molecule has 0 spiro atoms. The summed E-state index contributed by atoms with van der Waals surface area (Å²) in [5.74, 6) is -0.371. The second kappa shape index (κ2) is 11.6. The zero-order valence-electron chi connectivity index (χ0n) is 21.5. The van der Waals surface area contributed by atoms with Crippen molar-refractivity contribution in [1.82, 2.24) is 9.55 Å². The van der Waals surface area contributed by atoms with Gasteiger partial charge in [0.05, 0.1) is 37.2 Å². The van der Waals surface area contributed by atoms with Crippen molar-refractivity contribution in [1.29, 1.82) is 0 Å². The number of hydrogen-bond donors (Lipinski definition) is 2. The van der Waals surface area contributed by atoms with Gasteiger partial charge in [0.15, 0.2) is 5.69 Å². The number of carbonyl (C=O) groups is 2. The Hall–Kier alpha value is -3.39. The molecule has 0 unspecified atom stereocenters. The van der Waals surface area contributed by atoms with Gasteiger partial charge in [-0.25, -0.2) is 9.78 Å². The first kappa shape index (κ1) is 25.7. The van der Waals surface area contributed by atoms with Gasteiger partial charge in [-0.2, -0.15) is 0 Å². The molecule has 1 aliphatic rings. The number of nitrogens with one attached hydrogen (secondary N) is 2. The SMILES string of the molecule is COC(=O)c1c(NC(=O)[C@@H]2CCOC2)c2cc(N[C@H](C)CC(C)C)cnc2n1CCc1ccccc1. The van der Waals surface area contributed by atoms with E-state index in [9.17, 15) is 9.59 Å². The molecule has 8 nitrogen and oxygen atoms in total. The second-order valence-corrected chi connectivity index (χ2v) is 9.92. The van der Waals surface area contributed by atoms with Gasteiger partial charge in [0, 0.05) is 24.6 Å². The molecule has 8 heteroatoms. The molecule has 1 aromatic carbocycles. The van der Waals surface area contributed by atoms with Gasteiger partial charge in [-0.05, 0) is 43.7 Å². The van der Waals surface area contributed by atoms with Crippen LogP contribution in [0.3, 0.4) is 0 Å². The van der Waals surface area contributed by atoms with Crippen molar-refractivity contribution in [2.45, 2.75) is 52.6 Å². The maximum atomic E-state index is 13.1. The van der Waals surface area contributed by atoms with Crippen molar-refractivity contribution in [2.75, 3.05) is 31.0 Å². The number of aryl methyl sites for hydroxylation is 2. The predicted octanol–water partition coefficient (Wildman–Crippen LogP) is 4.89. The fourth-order valence-electron chi connectivity index (χ4n) is 4.86. The standard InChI is InChI=1S/C28H36N4O4/c1-18(2)14-19(3)30-22-15-23-24(31-27(33)21-11-13-36-17-21)25(28(34)35-4)32(26(23)29-16-22)12-10-20-8-6-5-7-9-20/h5-9,15-16,18-19,21,30H,10-14,17H2,1-4H3,(H,31,33)/t19-,21-/m1/s1. The fraction of sp³-hybridized carbons (Fsp3) is 0.464. The molecule has 0 saturated carbocycles. The van der Waals surface area contributed by atoms with E-state index >= 15 is 0 Å². The Labute approximate surface area is 212 Å². The molecule has 1 saturated heterocycles. The number of aromatic nitrogens is 2. The quantitative estimate of drug-likeness (QED) is 0.392. The van der Waals surface area contributed by atoms with Crippen molar-refractivity contribution in [3.05, 3.63) is 53.9 Å². The summed E-state index contributed by atoms with van der Waals surface area (Å²) in [7, 11) is 1.35. The van der Waals surface area contributed by atoms with Gasteiger partial charge in [-0.3, -0.25) is 4.79 Å². The summed E-state index contributed by atoms with van der Waals surface area (Å²) in [6.45, 7) is 7.97. The Morgan fingerprint density at radius 3 is 2.67 bits per heavy atom. The maximum Gasteiger partial charge on any atom is 0.356 e. The van der Waals surface area contributed by atoms with Crippen LogP contribution in [0.25, 0.3) is 11.0 Å². The summed E-state index contributed by atoms with van der Waals surface area (Å²) in [6, 6.07) is 12.3. The lowest BCUT2D eigenvalue weighted by Gasteiger charge is -2.17. The molecule has 192 valence electrons. The van der Waals surface area contributed by atoms with Gasteiger partial charge >= 0.3 is 5.97 Å². The van der Waals surface area contributed by atoms with Crippen LogP contribution in [0.15, 0.2) is 42.6 Å². The van der Waals surface area contributed by atoms with Crippen molar-refractivity contribution in [3.63, 3.8) is 0 Å². The molecular weight excluding hydrogens is 456 g/mol. The first-order valence-corrected chi connectivity index (χ1v) is 12.7. The average molecular weight is 493 g/mol. The molecule has 1 fully saturated rings. The van der Waals surface area contributed by atoms with E-state index in [-0.39, 0.29) is 17.9 Å². The first-order valence-electron chi connectivity index (χ1n) is 12.7. The molecule has 0 bridgehead atoms. The lowest BCUT2D eigenvalue weighted by atomic mass is 10.1. The molecule has 2 N–H and O–H groups in total. The molecule has 1 aliphatic heterocycles. The van der Waals surface area contributed by atoms with Crippen LogP contribution in [0.2, 0.25) is 0 Å². The number of ether oxygens (including phenoxy) is 2. The number of anilines is 2. The fourth-order valence-corrected chi connectivity index (χ4v) is 4.86. The summed E-state index contributed by atoms with van der Waals surface area (Å²) in [5, 5.41) is 7.25. The zero-order valence-corrected chi connectivity index (χ0v) is 21.5. The van der Waals surface area contributed by atoms with Crippen molar-refractivity contribution < 1.29 is 19.1 Å². The highest BCUT2D eigenvalue weighted by atomic mass is 16.5. The van der Waals surface area contributed by atoms with E-state index in [0.29, 0.717) is 60.9 Å². The maximum absolute atomic E-state index is 13.1. The third kappa shape index (κ3) is 5.87. The Bertz CT molecular complexity index is 1200. The van der Waals surface area contributed by atoms with E-state index in [1.165, 1.54) is 7.11 Å². The molecule has 4 rings (SSSR count). The minimum atomic E-state index is -0.512. The third-order valence-electron chi connectivity index (χ3n) is 6.53. The number of rotatable bonds is 10. The molecular formula is C28H36N4O4. The summed E-state index contributed by atoms with van der Waals surface area (Å²) >= 11 is 0. The van der Waals surface area contributed by atoms with Crippen molar-refractivity contribution in [3.8, 4) is 0 Å². The smallest absolute Gasteiger partial charge is 0.356 e. The average Bonchev–Trinajstić information content (AvgIpc) is 3.49. The highest BCUT2D eigenvalue weighted by molar-refractivity contribution is 6.11. The second-order valence-electron chi connectivity index (χ2n) is 9.92. The Balaban J connectivity index is 1.77. The number of carbonyl (C=O) groups excluding carboxylic acids is 2. The normalized spacial score (nSPS) is 16.3. The summed E-state index contributed by atoms with van der Waals surface area (Å²) in [4.78, 5) is 30.9. The molecule has 1 amide bonds. The molecule has 0 aliphatic carbocycles. The predicted molar refractivity (Wildman–Crippen MR) is 141 cm³/mol. The van der Waals surface area contributed by atoms with E-state index in [1.807, 2.05) is 28.8 Å². The van der Waals surface area contributed by atoms with Crippen LogP contribution >= 0.6 is 0 Å². The number of esters is 1. The van der Waals surface area contributed by atoms with Gasteiger partial charge in [-0.1, -0.05) is 44.2 Å². The molecule has 2 aromatic heterocycles. The summed E-state index contributed by atoms with van der Waals surface area (Å²) in [5.41, 5.74) is 3.35. The lowest BCUT2D eigenvalue weighted by molar-refractivity contribution is -0.119. The van der Waals surface area contributed by atoms with Crippen molar-refractivity contribution >= 4 is 34.3 Å². The van der Waals surface area contributed by atoms with E-state index < -0.39 is 5.97 Å². The van der Waals surface area contributed by atoms with E-state index in [2.05, 4.69) is 43.5 Å². The van der Waals surface area contributed by atoms with Gasteiger partial charge in [0.25, 0.3) is 0 Å². The van der Waals surface area contributed by atoms with E-state index in [0.717, 1.165) is 17.7 Å². The Morgan fingerprint density at radius 1 is 1.22 bits per heavy atom. The minimum Gasteiger partial charge on any atom is -0.464 e. The van der Waals surface area contributed by atoms with E-state index in [4.69, 9.17) is 14.5 Å². The van der Waals surface area contributed by atoms with Crippen molar-refractivity contribution in [2.24, 2.45) is 11.8 Å². The van der Waals surface area contributed by atoms with Crippen LogP contribution in [0.4, 0.5) is 11.4 Å². The molecule has 3 heterocycles. The minimum absolute atomic E-state index is 0.161. The first-order chi connectivity index (χ1) is 17.4. The summed E-state index contributed by atoms with van der Waals surface area (Å²) in [6.07, 6.45) is 4.15. The monoisotopic (exact) mass is 492 g/mol. The molecule has 2 atom stereocenters. The van der Waals surface area contributed by atoms with Gasteiger partial charge in [0.2, 0.25) is 5.91 Å². The van der Waals surface area contributed by atoms with Crippen LogP contribution in [-0.2, 0) is 27.2 Å². The number of fused-ring (bicyclic) bond motifs is 1. The number of methoxy groups -OCH3 is 1. The number of nitrogens with zero attached hydrogens (tertiary/aromatic N) is 2. The van der Waals surface area contributed by atoms with Crippen LogP contribution in [0, 0.1) is 11.8 Å². The van der Waals surface area contributed by atoms with Gasteiger partial charge < -0.3 is 24.7 Å². The van der Waals surface area contributed by atoms with Crippen LogP contribution in [-0.4, -0.2) is 47.8 Å². The van der Waals surface area contributed by atoms with Crippen LogP contribution < -0.4 is 10.6 Å². The summed E-state index contributed by atoms with van der Waals surface area (Å²) < 4.78 is 12.4.